The highest BCUT2D eigenvalue weighted by atomic mass is 35.5. The molecule has 1 aromatic carbocycles. The van der Waals surface area contributed by atoms with E-state index in [-0.39, 0.29) is 29.3 Å². The molecule has 1 rings (SSSR count). The summed E-state index contributed by atoms with van der Waals surface area (Å²) in [5, 5.41) is 5.64. The predicted octanol–water partition coefficient (Wildman–Crippen LogP) is 1.25. The molecule has 0 saturated carbocycles. The van der Waals surface area contributed by atoms with Crippen molar-refractivity contribution >= 4 is 29.1 Å². The standard InChI is InChI=1S/C14H20ClN3O3/c1-9(8-16)13(19)18-10-3-4-11(12(15)7-10)14(20)17-5-6-21-2/h3-4,7,9H,5-6,8,16H2,1-2H3,(H,17,20)(H,18,19). The lowest BCUT2D eigenvalue weighted by Crippen LogP contribution is -2.28. The first-order chi connectivity index (χ1) is 9.99. The van der Waals surface area contributed by atoms with Crippen molar-refractivity contribution < 1.29 is 14.3 Å². The highest BCUT2D eigenvalue weighted by molar-refractivity contribution is 6.34. The predicted molar refractivity (Wildman–Crippen MR) is 82.5 cm³/mol. The molecule has 0 spiro atoms. The van der Waals surface area contributed by atoms with Crippen LogP contribution in [0, 0.1) is 5.92 Å². The average Bonchev–Trinajstić information content (AvgIpc) is 2.46. The zero-order valence-electron chi connectivity index (χ0n) is 12.1. The number of anilines is 1. The molecule has 1 aromatic rings. The van der Waals surface area contributed by atoms with Crippen LogP contribution in [-0.4, -0.2) is 38.6 Å². The second-order valence-electron chi connectivity index (χ2n) is 4.57. The minimum absolute atomic E-state index is 0.189. The van der Waals surface area contributed by atoms with E-state index in [0.29, 0.717) is 24.4 Å². The number of rotatable bonds is 7. The summed E-state index contributed by atoms with van der Waals surface area (Å²) in [6.07, 6.45) is 0. The van der Waals surface area contributed by atoms with Gasteiger partial charge in [0.15, 0.2) is 0 Å². The molecular formula is C14H20ClN3O3. The van der Waals surface area contributed by atoms with E-state index < -0.39 is 0 Å². The van der Waals surface area contributed by atoms with Crippen molar-refractivity contribution in [1.82, 2.24) is 5.32 Å². The molecule has 1 atom stereocenters. The summed E-state index contributed by atoms with van der Waals surface area (Å²) in [7, 11) is 1.55. The summed E-state index contributed by atoms with van der Waals surface area (Å²) >= 11 is 6.07. The Morgan fingerprint density at radius 2 is 2.14 bits per heavy atom. The quantitative estimate of drug-likeness (QED) is 0.660. The fraction of sp³-hybridized carbons (Fsp3) is 0.429. The highest BCUT2D eigenvalue weighted by Crippen LogP contribution is 2.21. The molecule has 21 heavy (non-hydrogen) atoms. The molecule has 0 fully saturated rings. The fourth-order valence-electron chi connectivity index (χ4n) is 1.51. The zero-order valence-corrected chi connectivity index (χ0v) is 12.9. The van der Waals surface area contributed by atoms with Gasteiger partial charge in [-0.05, 0) is 18.2 Å². The Morgan fingerprint density at radius 1 is 1.43 bits per heavy atom. The van der Waals surface area contributed by atoms with Crippen LogP contribution in [0.4, 0.5) is 5.69 Å². The van der Waals surface area contributed by atoms with E-state index in [4.69, 9.17) is 22.1 Å². The minimum atomic E-state index is -0.291. The SMILES string of the molecule is COCCNC(=O)c1ccc(NC(=O)C(C)CN)cc1Cl. The first-order valence-electron chi connectivity index (χ1n) is 6.57. The van der Waals surface area contributed by atoms with Crippen LogP contribution < -0.4 is 16.4 Å². The van der Waals surface area contributed by atoms with Gasteiger partial charge in [-0.1, -0.05) is 18.5 Å². The Labute approximate surface area is 129 Å². The number of halogens is 1. The second-order valence-corrected chi connectivity index (χ2v) is 4.98. The molecular weight excluding hydrogens is 294 g/mol. The summed E-state index contributed by atoms with van der Waals surface area (Å²) in [4.78, 5) is 23.6. The number of ether oxygens (including phenoxy) is 1. The van der Waals surface area contributed by atoms with Gasteiger partial charge in [0, 0.05) is 31.8 Å². The lowest BCUT2D eigenvalue weighted by molar-refractivity contribution is -0.119. The molecule has 7 heteroatoms. The van der Waals surface area contributed by atoms with E-state index in [1.165, 1.54) is 6.07 Å². The Morgan fingerprint density at radius 3 is 2.71 bits per heavy atom. The van der Waals surface area contributed by atoms with Crippen LogP contribution in [0.3, 0.4) is 0 Å². The van der Waals surface area contributed by atoms with E-state index in [0.717, 1.165) is 0 Å². The van der Waals surface area contributed by atoms with Crippen LogP contribution in [0.2, 0.25) is 5.02 Å². The van der Waals surface area contributed by atoms with Gasteiger partial charge in [-0.25, -0.2) is 0 Å². The smallest absolute Gasteiger partial charge is 0.252 e. The Kier molecular flexibility index (Phi) is 7.14. The minimum Gasteiger partial charge on any atom is -0.383 e. The molecule has 6 nitrogen and oxygen atoms in total. The van der Waals surface area contributed by atoms with Crippen LogP contribution in [0.25, 0.3) is 0 Å². The number of carbonyl (C=O) groups excluding carboxylic acids is 2. The Hall–Kier alpha value is -1.63. The van der Waals surface area contributed by atoms with Crippen molar-refractivity contribution in [2.45, 2.75) is 6.92 Å². The van der Waals surface area contributed by atoms with Crippen LogP contribution >= 0.6 is 11.6 Å². The third-order valence-corrected chi connectivity index (χ3v) is 3.19. The maximum absolute atomic E-state index is 11.9. The van der Waals surface area contributed by atoms with Gasteiger partial charge < -0.3 is 21.1 Å². The number of hydrogen-bond acceptors (Lipinski definition) is 4. The van der Waals surface area contributed by atoms with Gasteiger partial charge in [-0.2, -0.15) is 0 Å². The number of carbonyl (C=O) groups is 2. The molecule has 0 aliphatic rings. The van der Waals surface area contributed by atoms with Gasteiger partial charge in [-0.3, -0.25) is 9.59 Å². The van der Waals surface area contributed by atoms with E-state index >= 15 is 0 Å². The van der Waals surface area contributed by atoms with Crippen molar-refractivity contribution in [3.8, 4) is 0 Å². The monoisotopic (exact) mass is 313 g/mol. The van der Waals surface area contributed by atoms with Crippen molar-refractivity contribution in [3.05, 3.63) is 28.8 Å². The number of hydrogen-bond donors (Lipinski definition) is 3. The van der Waals surface area contributed by atoms with Gasteiger partial charge in [0.05, 0.1) is 17.2 Å². The fourth-order valence-corrected chi connectivity index (χ4v) is 1.78. The normalized spacial score (nSPS) is 11.8. The maximum atomic E-state index is 11.9. The van der Waals surface area contributed by atoms with Crippen LogP contribution in [0.1, 0.15) is 17.3 Å². The number of methoxy groups -OCH3 is 1. The van der Waals surface area contributed by atoms with Crippen LogP contribution in [-0.2, 0) is 9.53 Å². The molecule has 0 aliphatic carbocycles. The van der Waals surface area contributed by atoms with Crippen LogP contribution in [0.5, 0.6) is 0 Å². The third kappa shape index (κ3) is 5.34. The van der Waals surface area contributed by atoms with Crippen molar-refractivity contribution in [2.24, 2.45) is 11.7 Å². The van der Waals surface area contributed by atoms with Gasteiger partial charge in [-0.15, -0.1) is 0 Å². The van der Waals surface area contributed by atoms with Gasteiger partial charge >= 0.3 is 0 Å². The summed E-state index contributed by atoms with van der Waals surface area (Å²) in [5.41, 5.74) is 6.30. The number of nitrogens with one attached hydrogen (secondary N) is 2. The molecule has 0 aromatic heterocycles. The lowest BCUT2D eigenvalue weighted by atomic mass is 10.1. The highest BCUT2D eigenvalue weighted by Gasteiger charge is 2.14. The molecule has 2 amide bonds. The van der Waals surface area contributed by atoms with E-state index in [1.54, 1.807) is 26.2 Å². The van der Waals surface area contributed by atoms with Gasteiger partial charge in [0.1, 0.15) is 0 Å². The largest absolute Gasteiger partial charge is 0.383 e. The van der Waals surface area contributed by atoms with Crippen molar-refractivity contribution in [2.75, 3.05) is 32.1 Å². The molecule has 0 radical (unpaired) electrons. The molecule has 0 aliphatic heterocycles. The molecule has 1 unspecified atom stereocenters. The first kappa shape index (κ1) is 17.4. The van der Waals surface area contributed by atoms with Crippen molar-refractivity contribution in [3.63, 3.8) is 0 Å². The molecule has 0 heterocycles. The number of amides is 2. The molecule has 0 saturated heterocycles. The van der Waals surface area contributed by atoms with E-state index in [1.807, 2.05) is 0 Å². The average molecular weight is 314 g/mol. The summed E-state index contributed by atoms with van der Waals surface area (Å²) in [5.74, 6) is -0.767. The maximum Gasteiger partial charge on any atom is 0.252 e. The zero-order chi connectivity index (χ0) is 15.8. The van der Waals surface area contributed by atoms with Crippen LogP contribution in [0.15, 0.2) is 18.2 Å². The topological polar surface area (TPSA) is 93.5 Å². The van der Waals surface area contributed by atoms with E-state index in [2.05, 4.69) is 10.6 Å². The molecule has 4 N–H and O–H groups in total. The van der Waals surface area contributed by atoms with Gasteiger partial charge in [0.2, 0.25) is 5.91 Å². The lowest BCUT2D eigenvalue weighted by Gasteiger charge is -2.11. The summed E-state index contributed by atoms with van der Waals surface area (Å²) in [6, 6.07) is 4.72. The summed E-state index contributed by atoms with van der Waals surface area (Å²) in [6.45, 7) is 2.82. The van der Waals surface area contributed by atoms with Crippen molar-refractivity contribution in [1.29, 1.82) is 0 Å². The Balaban J connectivity index is 2.71. The van der Waals surface area contributed by atoms with Gasteiger partial charge in [0.25, 0.3) is 5.91 Å². The number of nitrogens with two attached hydrogens (primary N) is 1. The third-order valence-electron chi connectivity index (χ3n) is 2.87. The van der Waals surface area contributed by atoms with E-state index in [9.17, 15) is 9.59 Å². The first-order valence-corrected chi connectivity index (χ1v) is 6.95. The molecule has 0 bridgehead atoms. The molecule has 116 valence electrons. The number of benzene rings is 1. The second kappa shape index (κ2) is 8.61. The Bertz CT molecular complexity index is 508. The summed E-state index contributed by atoms with van der Waals surface area (Å²) < 4.78 is 4.85.